The van der Waals surface area contributed by atoms with Gasteiger partial charge in [0.05, 0.1) is 11.7 Å². The van der Waals surface area contributed by atoms with E-state index in [1.165, 1.54) is 24.6 Å². The van der Waals surface area contributed by atoms with Crippen LogP contribution in [-0.2, 0) is 42.9 Å². The Morgan fingerprint density at radius 3 is 1.97 bits per heavy atom. The van der Waals surface area contributed by atoms with Gasteiger partial charge in [-0.2, -0.15) is 0 Å². The molecule has 2 heterocycles. The summed E-state index contributed by atoms with van der Waals surface area (Å²) in [5, 5.41) is 0.556. The van der Waals surface area contributed by atoms with E-state index in [1.807, 2.05) is 0 Å². The Morgan fingerprint density at radius 1 is 0.806 bits per heavy atom. The van der Waals surface area contributed by atoms with E-state index in [0.29, 0.717) is 10.9 Å². The Morgan fingerprint density at radius 2 is 1.39 bits per heavy atom. The van der Waals surface area contributed by atoms with Crippen LogP contribution in [0, 0.1) is 0 Å². The Hall–Kier alpha value is -3.93. The Labute approximate surface area is 206 Å². The van der Waals surface area contributed by atoms with E-state index in [4.69, 9.17) is 28.4 Å². The molecule has 1 aromatic heterocycles. The van der Waals surface area contributed by atoms with Crippen LogP contribution in [-0.4, -0.2) is 71.7 Å². The monoisotopic (exact) mass is 505 g/mol. The fourth-order valence-electron chi connectivity index (χ4n) is 3.91. The summed E-state index contributed by atoms with van der Waals surface area (Å²) in [5.41, 5.74) is 0.561. The van der Waals surface area contributed by atoms with Crippen molar-refractivity contribution >= 4 is 40.7 Å². The van der Waals surface area contributed by atoms with E-state index in [0.717, 1.165) is 20.8 Å². The van der Waals surface area contributed by atoms with Crippen molar-refractivity contribution in [1.82, 2.24) is 4.57 Å². The van der Waals surface area contributed by atoms with E-state index in [2.05, 4.69) is 0 Å². The number of hydrogen-bond acceptors (Lipinski definition) is 11. The molecule has 194 valence electrons. The van der Waals surface area contributed by atoms with Gasteiger partial charge in [0, 0.05) is 40.0 Å². The minimum Gasteiger partial charge on any atom is -0.463 e. The van der Waals surface area contributed by atoms with Gasteiger partial charge in [-0.25, -0.2) is 0 Å². The summed E-state index contributed by atoms with van der Waals surface area (Å²) in [6.07, 6.45) is -5.16. The fraction of sp³-hybridized carbons (Fsp3) is 0.458. The predicted octanol–water partition coefficient (Wildman–Crippen LogP) is 1.76. The number of carbonyl (C=O) groups excluding carboxylic acids is 5. The summed E-state index contributed by atoms with van der Waals surface area (Å²) in [7, 11) is 0. The summed E-state index contributed by atoms with van der Waals surface area (Å²) in [4.78, 5) is 59.4. The molecule has 0 N–H and O–H groups in total. The molecule has 2 aromatic rings. The average molecular weight is 505 g/mol. The molecular formula is C24H27NO11. The molecular weight excluding hydrogens is 478 g/mol. The number of rotatable bonds is 7. The molecule has 0 spiro atoms. The second kappa shape index (κ2) is 11.2. The number of aromatic nitrogens is 1. The SMILES string of the molecule is CC(=O)OCC1OC(Oc2cn(C(C)=O)c3ccccc23)C(OC(C)=O)C(OC(C)=O)C1OC(C)=O. The summed E-state index contributed by atoms with van der Waals surface area (Å²) >= 11 is 0. The zero-order valence-electron chi connectivity index (χ0n) is 20.4. The highest BCUT2D eigenvalue weighted by Crippen LogP contribution is 2.34. The van der Waals surface area contributed by atoms with Crippen LogP contribution < -0.4 is 4.74 Å². The van der Waals surface area contributed by atoms with Crippen LogP contribution in [0.5, 0.6) is 5.75 Å². The Bertz CT molecular complexity index is 1170. The number of benzene rings is 1. The van der Waals surface area contributed by atoms with Gasteiger partial charge in [0.1, 0.15) is 18.5 Å². The molecule has 3 rings (SSSR count). The first-order valence-electron chi connectivity index (χ1n) is 11.1. The van der Waals surface area contributed by atoms with Gasteiger partial charge in [0.2, 0.25) is 18.3 Å². The van der Waals surface area contributed by atoms with Gasteiger partial charge in [0.15, 0.2) is 12.2 Å². The van der Waals surface area contributed by atoms with Crippen molar-refractivity contribution in [2.45, 2.75) is 65.3 Å². The highest BCUT2D eigenvalue weighted by molar-refractivity contribution is 5.95. The maximum Gasteiger partial charge on any atom is 0.303 e. The van der Waals surface area contributed by atoms with Crippen molar-refractivity contribution in [2.24, 2.45) is 0 Å². The highest BCUT2D eigenvalue weighted by Gasteiger charge is 2.53. The average Bonchev–Trinajstić information content (AvgIpc) is 3.14. The van der Waals surface area contributed by atoms with Crippen LogP contribution >= 0.6 is 0 Å². The fourth-order valence-corrected chi connectivity index (χ4v) is 3.91. The van der Waals surface area contributed by atoms with Gasteiger partial charge in [-0.15, -0.1) is 0 Å². The topological polar surface area (TPSA) is 146 Å². The lowest BCUT2D eigenvalue weighted by atomic mass is 9.98. The molecule has 1 aromatic carbocycles. The first-order chi connectivity index (χ1) is 17.0. The largest absolute Gasteiger partial charge is 0.463 e. The summed E-state index contributed by atoms with van der Waals surface area (Å²) < 4.78 is 34.6. The predicted molar refractivity (Wildman–Crippen MR) is 121 cm³/mol. The van der Waals surface area contributed by atoms with Crippen LogP contribution in [0.2, 0.25) is 0 Å². The van der Waals surface area contributed by atoms with Crippen molar-refractivity contribution < 1.29 is 52.4 Å². The normalized spacial score (nSPS) is 23.4. The standard InChI is InChI=1S/C24H27NO11/c1-12(26)25-10-19(17-8-6-7-9-18(17)25)35-24-23(34-16(5)30)22(33-15(4)29)21(32-14(3)28)20(36-24)11-31-13(2)27/h6-10,20-24H,11H2,1-5H3. The molecule has 5 unspecified atom stereocenters. The number of ether oxygens (including phenoxy) is 6. The molecule has 1 aliphatic rings. The summed E-state index contributed by atoms with van der Waals surface area (Å²) in [6.45, 7) is 5.57. The zero-order valence-corrected chi connectivity index (χ0v) is 20.4. The number of para-hydroxylation sites is 1. The number of nitrogens with zero attached hydrogens (tertiary/aromatic N) is 1. The lowest BCUT2D eigenvalue weighted by Crippen LogP contribution is -2.63. The second-order valence-corrected chi connectivity index (χ2v) is 8.09. The zero-order chi connectivity index (χ0) is 26.6. The minimum atomic E-state index is -1.41. The van der Waals surface area contributed by atoms with E-state index >= 15 is 0 Å². The molecule has 0 amide bonds. The molecule has 5 atom stereocenters. The molecule has 12 nitrogen and oxygen atoms in total. The molecule has 0 radical (unpaired) electrons. The molecule has 1 saturated heterocycles. The second-order valence-electron chi connectivity index (χ2n) is 8.09. The number of carbonyl (C=O) groups is 5. The van der Waals surface area contributed by atoms with E-state index in [-0.39, 0.29) is 18.3 Å². The molecule has 0 aliphatic carbocycles. The lowest BCUT2D eigenvalue weighted by molar-refractivity contribution is -0.288. The summed E-state index contributed by atoms with van der Waals surface area (Å²) in [5.74, 6) is -2.94. The molecule has 12 heteroatoms. The van der Waals surface area contributed by atoms with Crippen molar-refractivity contribution in [2.75, 3.05) is 6.61 Å². The van der Waals surface area contributed by atoms with E-state index < -0.39 is 54.6 Å². The molecule has 1 fully saturated rings. The molecule has 0 bridgehead atoms. The van der Waals surface area contributed by atoms with Crippen molar-refractivity contribution in [1.29, 1.82) is 0 Å². The first kappa shape index (κ1) is 26.7. The third-order valence-corrected chi connectivity index (χ3v) is 5.21. The van der Waals surface area contributed by atoms with Gasteiger partial charge >= 0.3 is 23.9 Å². The smallest absolute Gasteiger partial charge is 0.303 e. The summed E-state index contributed by atoms with van der Waals surface area (Å²) in [6, 6.07) is 6.93. The third-order valence-electron chi connectivity index (χ3n) is 5.21. The van der Waals surface area contributed by atoms with Crippen LogP contribution in [0.3, 0.4) is 0 Å². The minimum absolute atomic E-state index is 0.210. The Kier molecular flexibility index (Phi) is 8.30. The lowest BCUT2D eigenvalue weighted by Gasteiger charge is -2.43. The van der Waals surface area contributed by atoms with Crippen molar-refractivity contribution in [3.05, 3.63) is 30.5 Å². The highest BCUT2D eigenvalue weighted by atomic mass is 16.7. The Balaban J connectivity index is 2.07. The molecule has 1 aliphatic heterocycles. The van der Waals surface area contributed by atoms with Gasteiger partial charge in [-0.1, -0.05) is 12.1 Å². The van der Waals surface area contributed by atoms with E-state index in [9.17, 15) is 24.0 Å². The number of esters is 4. The molecule has 36 heavy (non-hydrogen) atoms. The molecule has 0 saturated carbocycles. The van der Waals surface area contributed by atoms with Gasteiger partial charge < -0.3 is 28.4 Å². The van der Waals surface area contributed by atoms with Gasteiger partial charge in [-0.3, -0.25) is 28.5 Å². The van der Waals surface area contributed by atoms with Crippen LogP contribution in [0.25, 0.3) is 10.9 Å². The van der Waals surface area contributed by atoms with Crippen LogP contribution in [0.1, 0.15) is 39.4 Å². The maximum atomic E-state index is 12.1. The van der Waals surface area contributed by atoms with Crippen LogP contribution in [0.15, 0.2) is 30.5 Å². The first-order valence-corrected chi connectivity index (χ1v) is 11.1. The van der Waals surface area contributed by atoms with Gasteiger partial charge in [0.25, 0.3) is 0 Å². The number of hydrogen-bond donors (Lipinski definition) is 0. The third kappa shape index (κ3) is 6.19. The quantitative estimate of drug-likeness (QED) is 0.401. The van der Waals surface area contributed by atoms with E-state index in [1.54, 1.807) is 24.3 Å². The van der Waals surface area contributed by atoms with Crippen molar-refractivity contribution in [3.8, 4) is 5.75 Å². The number of fused-ring (bicyclic) bond motifs is 1. The van der Waals surface area contributed by atoms with Crippen LogP contribution in [0.4, 0.5) is 0 Å². The maximum absolute atomic E-state index is 12.1. The van der Waals surface area contributed by atoms with Crippen molar-refractivity contribution in [3.63, 3.8) is 0 Å². The van der Waals surface area contributed by atoms with Gasteiger partial charge in [-0.05, 0) is 12.1 Å².